The Morgan fingerprint density at radius 1 is 1.24 bits per heavy atom. The summed E-state index contributed by atoms with van der Waals surface area (Å²) in [5.74, 6) is 1.86. The van der Waals surface area contributed by atoms with Gasteiger partial charge in [0, 0.05) is 17.2 Å². The highest BCUT2D eigenvalue weighted by atomic mass is 32.2. The maximum absolute atomic E-state index is 12.6. The number of nitrogens with zero attached hydrogens (tertiary/aromatic N) is 2. The molecule has 0 radical (unpaired) electrons. The number of fused-ring (bicyclic) bond motifs is 1. The molecule has 2 aliphatic rings. The molecule has 2 aliphatic heterocycles. The Labute approximate surface area is 130 Å². The van der Waals surface area contributed by atoms with E-state index >= 15 is 0 Å². The lowest BCUT2D eigenvalue weighted by Crippen LogP contribution is -2.45. The third-order valence-corrected chi connectivity index (χ3v) is 5.47. The number of likely N-dealkylation sites (tertiary alicyclic amines) is 1. The molecule has 4 nitrogen and oxygen atoms in total. The van der Waals surface area contributed by atoms with E-state index in [2.05, 4.69) is 17.0 Å². The zero-order chi connectivity index (χ0) is 14.7. The van der Waals surface area contributed by atoms with E-state index in [-0.39, 0.29) is 5.91 Å². The van der Waals surface area contributed by atoms with E-state index in [0.717, 1.165) is 50.5 Å². The number of carbonyl (C=O) groups excluding carboxylic acids is 1. The lowest BCUT2D eigenvalue weighted by molar-refractivity contribution is -0.120. The first kappa shape index (κ1) is 14.9. The number of hydrogen-bond donors (Lipinski definition) is 1. The van der Waals surface area contributed by atoms with Crippen LogP contribution in [0.1, 0.15) is 12.8 Å². The van der Waals surface area contributed by atoms with Crippen LogP contribution in [0, 0.1) is 5.92 Å². The zero-order valence-corrected chi connectivity index (χ0v) is 13.1. The third kappa shape index (κ3) is 3.42. The summed E-state index contributed by atoms with van der Waals surface area (Å²) in [6.45, 7) is 4.13. The molecular weight excluding hydrogens is 282 g/mol. The van der Waals surface area contributed by atoms with Crippen molar-refractivity contribution in [2.24, 2.45) is 11.7 Å². The average Bonchev–Trinajstić information content (AvgIpc) is 2.55. The van der Waals surface area contributed by atoms with Crippen molar-refractivity contribution in [2.75, 3.05) is 43.4 Å². The van der Waals surface area contributed by atoms with Crippen molar-refractivity contribution < 1.29 is 4.79 Å². The number of piperidine rings is 1. The van der Waals surface area contributed by atoms with Crippen molar-refractivity contribution in [3.8, 4) is 0 Å². The fourth-order valence-electron chi connectivity index (χ4n) is 3.09. The van der Waals surface area contributed by atoms with Crippen LogP contribution in [0.25, 0.3) is 0 Å². The monoisotopic (exact) mass is 305 g/mol. The number of hydrogen-bond acceptors (Lipinski definition) is 4. The Morgan fingerprint density at radius 2 is 2.00 bits per heavy atom. The molecule has 1 aromatic carbocycles. The molecule has 0 aliphatic carbocycles. The number of anilines is 1. The quantitative estimate of drug-likeness (QED) is 0.925. The third-order valence-electron chi connectivity index (χ3n) is 4.43. The zero-order valence-electron chi connectivity index (χ0n) is 12.3. The smallest absolute Gasteiger partial charge is 0.241 e. The first-order valence-corrected chi connectivity index (χ1v) is 8.71. The topological polar surface area (TPSA) is 49.6 Å². The summed E-state index contributed by atoms with van der Waals surface area (Å²) in [6.07, 6.45) is 2.24. The van der Waals surface area contributed by atoms with Gasteiger partial charge >= 0.3 is 0 Å². The molecule has 2 heterocycles. The molecule has 1 aromatic rings. The maximum Gasteiger partial charge on any atom is 0.241 e. The normalized spacial score (nSPS) is 20.3. The summed E-state index contributed by atoms with van der Waals surface area (Å²) in [7, 11) is 0. The highest BCUT2D eigenvalue weighted by molar-refractivity contribution is 7.99. The van der Waals surface area contributed by atoms with Gasteiger partial charge in [-0.2, -0.15) is 0 Å². The Kier molecular flexibility index (Phi) is 4.83. The van der Waals surface area contributed by atoms with Crippen molar-refractivity contribution in [3.63, 3.8) is 0 Å². The van der Waals surface area contributed by atoms with Gasteiger partial charge in [0.15, 0.2) is 0 Å². The van der Waals surface area contributed by atoms with Crippen molar-refractivity contribution in [2.45, 2.75) is 17.7 Å². The number of para-hydroxylation sites is 1. The summed E-state index contributed by atoms with van der Waals surface area (Å²) in [5.41, 5.74) is 6.80. The predicted molar refractivity (Wildman–Crippen MR) is 87.7 cm³/mol. The van der Waals surface area contributed by atoms with E-state index in [1.807, 2.05) is 28.8 Å². The SMILES string of the molecule is NCC1CCN(CC(=O)N2CCSc3ccccc32)CC1. The van der Waals surface area contributed by atoms with Gasteiger partial charge in [0.05, 0.1) is 12.2 Å². The lowest BCUT2D eigenvalue weighted by Gasteiger charge is -2.34. The van der Waals surface area contributed by atoms with E-state index in [1.165, 1.54) is 4.90 Å². The maximum atomic E-state index is 12.6. The van der Waals surface area contributed by atoms with Crippen molar-refractivity contribution >= 4 is 23.4 Å². The predicted octanol–water partition coefficient (Wildman–Crippen LogP) is 1.80. The largest absolute Gasteiger partial charge is 0.330 e. The van der Waals surface area contributed by atoms with E-state index in [1.54, 1.807) is 0 Å². The summed E-state index contributed by atoms with van der Waals surface area (Å²) in [5, 5.41) is 0. The van der Waals surface area contributed by atoms with Crippen molar-refractivity contribution in [3.05, 3.63) is 24.3 Å². The minimum atomic E-state index is 0.231. The molecule has 3 rings (SSSR count). The van der Waals surface area contributed by atoms with Crippen molar-refractivity contribution in [1.82, 2.24) is 4.90 Å². The lowest BCUT2D eigenvalue weighted by atomic mass is 9.97. The van der Waals surface area contributed by atoms with Gasteiger partial charge in [-0.05, 0) is 50.5 Å². The average molecular weight is 305 g/mol. The van der Waals surface area contributed by atoms with E-state index < -0.39 is 0 Å². The number of carbonyl (C=O) groups is 1. The van der Waals surface area contributed by atoms with E-state index in [9.17, 15) is 4.79 Å². The molecule has 0 saturated carbocycles. The molecule has 1 saturated heterocycles. The molecule has 0 spiro atoms. The minimum Gasteiger partial charge on any atom is -0.330 e. The van der Waals surface area contributed by atoms with Gasteiger partial charge in [0.25, 0.3) is 0 Å². The molecule has 114 valence electrons. The Hall–Kier alpha value is -1.04. The highest BCUT2D eigenvalue weighted by Gasteiger charge is 2.26. The fraction of sp³-hybridized carbons (Fsp3) is 0.562. The fourth-order valence-corrected chi connectivity index (χ4v) is 4.08. The summed E-state index contributed by atoms with van der Waals surface area (Å²) in [4.78, 5) is 18.1. The van der Waals surface area contributed by atoms with Gasteiger partial charge in [0.1, 0.15) is 0 Å². The molecule has 0 bridgehead atoms. The second kappa shape index (κ2) is 6.81. The summed E-state index contributed by atoms with van der Waals surface area (Å²) in [6, 6.07) is 8.21. The molecular formula is C16H23N3OS. The van der Waals surface area contributed by atoms with Gasteiger partial charge in [-0.15, -0.1) is 11.8 Å². The molecule has 1 amide bonds. The van der Waals surface area contributed by atoms with Crippen molar-refractivity contribution in [1.29, 1.82) is 0 Å². The minimum absolute atomic E-state index is 0.231. The van der Waals surface area contributed by atoms with Crippen LogP contribution in [0.2, 0.25) is 0 Å². The van der Waals surface area contributed by atoms with Crippen LogP contribution in [-0.4, -0.2) is 49.3 Å². The Balaban J connectivity index is 1.62. The highest BCUT2D eigenvalue weighted by Crippen LogP contribution is 2.34. The van der Waals surface area contributed by atoms with Gasteiger partial charge in [-0.3, -0.25) is 9.69 Å². The second-order valence-corrected chi connectivity index (χ2v) is 6.95. The second-order valence-electron chi connectivity index (χ2n) is 5.82. The first-order chi connectivity index (χ1) is 10.3. The summed E-state index contributed by atoms with van der Waals surface area (Å²) >= 11 is 1.84. The van der Waals surface area contributed by atoms with Gasteiger partial charge in [-0.25, -0.2) is 0 Å². The van der Waals surface area contributed by atoms with Crippen LogP contribution < -0.4 is 10.6 Å². The number of nitrogens with two attached hydrogens (primary N) is 1. The summed E-state index contributed by atoms with van der Waals surface area (Å²) < 4.78 is 0. The molecule has 5 heteroatoms. The van der Waals surface area contributed by atoms with Crippen LogP contribution in [-0.2, 0) is 4.79 Å². The van der Waals surface area contributed by atoms with Crippen LogP contribution >= 0.6 is 11.8 Å². The Bertz CT molecular complexity index is 500. The molecule has 1 fully saturated rings. The van der Waals surface area contributed by atoms with E-state index in [0.29, 0.717) is 12.5 Å². The molecule has 21 heavy (non-hydrogen) atoms. The Morgan fingerprint density at radius 3 is 2.76 bits per heavy atom. The number of benzene rings is 1. The number of thioether (sulfide) groups is 1. The van der Waals surface area contributed by atoms with Gasteiger partial charge < -0.3 is 10.6 Å². The van der Waals surface area contributed by atoms with Crippen LogP contribution in [0.4, 0.5) is 5.69 Å². The standard InChI is InChI=1S/C16H23N3OS/c17-11-13-5-7-18(8-6-13)12-16(20)19-9-10-21-15-4-2-1-3-14(15)19/h1-4,13H,5-12,17H2. The molecule has 2 N–H and O–H groups in total. The molecule has 0 unspecified atom stereocenters. The van der Waals surface area contributed by atoms with Crippen LogP contribution in [0.15, 0.2) is 29.2 Å². The van der Waals surface area contributed by atoms with Gasteiger partial charge in [-0.1, -0.05) is 12.1 Å². The first-order valence-electron chi connectivity index (χ1n) is 7.72. The van der Waals surface area contributed by atoms with Crippen LogP contribution in [0.5, 0.6) is 0 Å². The van der Waals surface area contributed by atoms with E-state index in [4.69, 9.17) is 5.73 Å². The molecule has 0 atom stereocenters. The van der Waals surface area contributed by atoms with Crippen LogP contribution in [0.3, 0.4) is 0 Å². The molecule has 0 aromatic heterocycles. The number of amides is 1. The number of rotatable bonds is 3. The van der Waals surface area contributed by atoms with Gasteiger partial charge in [0.2, 0.25) is 5.91 Å².